The van der Waals surface area contributed by atoms with Crippen LogP contribution in [0.5, 0.6) is 5.75 Å². The maximum Gasteiger partial charge on any atom is 0.267 e. The number of methoxy groups -OCH3 is 1. The number of halogens is 1. The summed E-state index contributed by atoms with van der Waals surface area (Å²) >= 11 is 7.20. The maximum atomic E-state index is 13.3. The predicted octanol–water partition coefficient (Wildman–Crippen LogP) is 4.41. The molecule has 0 aliphatic carbocycles. The average molecular weight is 463 g/mol. The van der Waals surface area contributed by atoms with E-state index in [1.54, 1.807) is 23.6 Å². The molecule has 0 saturated carbocycles. The van der Waals surface area contributed by atoms with Crippen LogP contribution < -0.4 is 10.1 Å². The number of fused-ring (bicyclic) bond motifs is 1. The third-order valence-corrected chi connectivity index (χ3v) is 8.18. The number of benzene rings is 2. The molecule has 3 aromatic rings. The Morgan fingerprint density at radius 2 is 1.93 bits per heavy atom. The predicted molar refractivity (Wildman–Crippen MR) is 118 cm³/mol. The van der Waals surface area contributed by atoms with Gasteiger partial charge in [0.1, 0.15) is 15.5 Å². The summed E-state index contributed by atoms with van der Waals surface area (Å²) in [5.74, 6) is -0.0124. The van der Waals surface area contributed by atoms with Gasteiger partial charge in [-0.3, -0.25) is 4.79 Å². The highest BCUT2D eigenvalue weighted by Crippen LogP contribution is 2.31. The van der Waals surface area contributed by atoms with Crippen molar-refractivity contribution in [2.75, 3.05) is 19.0 Å². The largest absolute Gasteiger partial charge is 0.495 e. The molecule has 30 heavy (non-hydrogen) atoms. The Labute approximate surface area is 184 Å². The number of ether oxygens (including phenoxy) is 1. The SMILES string of the molecule is COc1ccc(NC(=O)c2sccc2S(=O)(=O)N2CCc3ccccc3C2)cc1Cl. The zero-order valence-electron chi connectivity index (χ0n) is 16.1. The van der Waals surface area contributed by atoms with Crippen molar-refractivity contribution >= 4 is 44.6 Å². The van der Waals surface area contributed by atoms with Crippen molar-refractivity contribution in [3.8, 4) is 5.75 Å². The Hall–Kier alpha value is -2.39. The fourth-order valence-electron chi connectivity index (χ4n) is 3.41. The number of hydrogen-bond acceptors (Lipinski definition) is 5. The normalized spacial score (nSPS) is 14.2. The Kier molecular flexibility index (Phi) is 5.84. The van der Waals surface area contributed by atoms with Crippen molar-refractivity contribution in [2.45, 2.75) is 17.9 Å². The molecule has 0 fully saturated rings. The Balaban J connectivity index is 1.58. The van der Waals surface area contributed by atoms with Gasteiger partial charge in [0.25, 0.3) is 5.91 Å². The van der Waals surface area contributed by atoms with Crippen molar-refractivity contribution in [3.05, 3.63) is 74.9 Å². The number of carbonyl (C=O) groups is 1. The number of nitrogens with zero attached hydrogens (tertiary/aromatic N) is 1. The number of carbonyl (C=O) groups excluding carboxylic acids is 1. The fraction of sp³-hybridized carbons (Fsp3) is 0.190. The summed E-state index contributed by atoms with van der Waals surface area (Å²) in [4.78, 5) is 13.0. The van der Waals surface area contributed by atoms with Gasteiger partial charge in [0.05, 0.1) is 12.1 Å². The van der Waals surface area contributed by atoms with Crippen molar-refractivity contribution in [3.63, 3.8) is 0 Å². The van der Waals surface area contributed by atoms with Crippen LogP contribution in [0, 0.1) is 0 Å². The minimum absolute atomic E-state index is 0.0176. The summed E-state index contributed by atoms with van der Waals surface area (Å²) in [6, 6.07) is 14.1. The van der Waals surface area contributed by atoms with Crippen LogP contribution in [-0.4, -0.2) is 32.3 Å². The van der Waals surface area contributed by atoms with Crippen molar-refractivity contribution in [1.29, 1.82) is 0 Å². The number of thiophene rings is 1. The van der Waals surface area contributed by atoms with Crippen molar-refractivity contribution < 1.29 is 17.9 Å². The molecule has 156 valence electrons. The highest BCUT2D eigenvalue weighted by molar-refractivity contribution is 7.89. The number of rotatable bonds is 5. The van der Waals surface area contributed by atoms with E-state index >= 15 is 0 Å². The van der Waals surface area contributed by atoms with Gasteiger partial charge in [-0.25, -0.2) is 8.42 Å². The third-order valence-electron chi connectivity index (χ3n) is 4.96. The molecule has 1 amide bonds. The number of nitrogens with one attached hydrogen (secondary N) is 1. The van der Waals surface area contributed by atoms with E-state index in [0.717, 1.165) is 22.5 Å². The van der Waals surface area contributed by atoms with E-state index in [2.05, 4.69) is 5.32 Å². The zero-order valence-corrected chi connectivity index (χ0v) is 18.5. The first-order chi connectivity index (χ1) is 14.4. The van der Waals surface area contributed by atoms with Crippen molar-refractivity contribution in [2.24, 2.45) is 0 Å². The summed E-state index contributed by atoms with van der Waals surface area (Å²) in [5.41, 5.74) is 2.60. The van der Waals surface area contributed by atoms with Gasteiger partial charge in [-0.1, -0.05) is 35.9 Å². The lowest BCUT2D eigenvalue weighted by atomic mass is 10.0. The van der Waals surface area contributed by atoms with Crippen LogP contribution in [0.15, 0.2) is 58.8 Å². The number of anilines is 1. The van der Waals surface area contributed by atoms with Gasteiger partial charge >= 0.3 is 0 Å². The van der Waals surface area contributed by atoms with Gasteiger partial charge in [-0.05, 0) is 47.2 Å². The monoisotopic (exact) mass is 462 g/mol. The standard InChI is InChI=1S/C21H19ClN2O4S2/c1-28-18-7-6-16(12-17(18)22)23-21(25)20-19(9-11-29-20)30(26,27)24-10-8-14-4-2-3-5-15(14)13-24/h2-7,9,11-12H,8,10,13H2,1H3,(H,23,25). The summed E-state index contributed by atoms with van der Waals surface area (Å²) in [6.07, 6.45) is 0.644. The minimum atomic E-state index is -3.81. The van der Waals surface area contributed by atoms with Gasteiger partial charge < -0.3 is 10.1 Å². The molecule has 9 heteroatoms. The van der Waals surface area contributed by atoms with E-state index in [1.165, 1.54) is 17.5 Å². The quantitative estimate of drug-likeness (QED) is 0.609. The van der Waals surface area contributed by atoms with Gasteiger partial charge in [0.15, 0.2) is 0 Å². The zero-order chi connectivity index (χ0) is 21.3. The van der Waals surface area contributed by atoms with E-state index in [1.807, 2.05) is 24.3 Å². The first-order valence-electron chi connectivity index (χ1n) is 9.19. The van der Waals surface area contributed by atoms with Gasteiger partial charge in [-0.2, -0.15) is 4.31 Å². The second kappa shape index (κ2) is 8.39. The molecule has 4 rings (SSSR count). The molecule has 0 saturated heterocycles. The molecule has 1 aromatic heterocycles. The fourth-order valence-corrected chi connectivity index (χ4v) is 6.38. The van der Waals surface area contributed by atoms with E-state index in [-0.39, 0.29) is 9.77 Å². The molecule has 0 radical (unpaired) electrons. The summed E-state index contributed by atoms with van der Waals surface area (Å²) in [7, 11) is -2.31. The van der Waals surface area contributed by atoms with Gasteiger partial charge in [0.2, 0.25) is 10.0 Å². The first kappa shape index (κ1) is 20.9. The van der Waals surface area contributed by atoms with E-state index < -0.39 is 15.9 Å². The molecule has 6 nitrogen and oxygen atoms in total. The summed E-state index contributed by atoms with van der Waals surface area (Å²) < 4.78 is 33.1. The average Bonchev–Trinajstić information content (AvgIpc) is 3.24. The second-order valence-corrected chi connectivity index (χ2v) is 10.0. The van der Waals surface area contributed by atoms with E-state index in [9.17, 15) is 13.2 Å². The van der Waals surface area contributed by atoms with Crippen molar-refractivity contribution in [1.82, 2.24) is 4.31 Å². The molecule has 0 unspecified atom stereocenters. The van der Waals surface area contributed by atoms with Crippen LogP contribution in [0.25, 0.3) is 0 Å². The van der Waals surface area contributed by atoms with Gasteiger partial charge in [-0.15, -0.1) is 11.3 Å². The van der Waals surface area contributed by atoms with Crippen LogP contribution in [0.2, 0.25) is 5.02 Å². The maximum absolute atomic E-state index is 13.3. The Bertz CT molecular complexity index is 1210. The lowest BCUT2D eigenvalue weighted by Gasteiger charge is -2.28. The molecule has 0 bridgehead atoms. The first-order valence-corrected chi connectivity index (χ1v) is 11.9. The third kappa shape index (κ3) is 3.96. The van der Waals surface area contributed by atoms with Gasteiger partial charge in [0, 0.05) is 18.8 Å². The molecule has 0 spiro atoms. The van der Waals surface area contributed by atoms with E-state index in [4.69, 9.17) is 16.3 Å². The van der Waals surface area contributed by atoms with Crippen LogP contribution in [-0.2, 0) is 23.0 Å². The minimum Gasteiger partial charge on any atom is -0.495 e. The molecule has 2 heterocycles. The van der Waals surface area contributed by atoms with Crippen LogP contribution in [0.1, 0.15) is 20.8 Å². The molecule has 0 atom stereocenters. The van der Waals surface area contributed by atoms with Crippen LogP contribution >= 0.6 is 22.9 Å². The molecular formula is C21H19ClN2O4S2. The highest BCUT2D eigenvalue weighted by Gasteiger charge is 2.32. The van der Waals surface area contributed by atoms with E-state index in [0.29, 0.717) is 36.0 Å². The van der Waals surface area contributed by atoms with Crippen LogP contribution in [0.3, 0.4) is 0 Å². The Morgan fingerprint density at radius 1 is 1.17 bits per heavy atom. The molecular weight excluding hydrogens is 444 g/mol. The smallest absolute Gasteiger partial charge is 0.267 e. The number of sulfonamides is 1. The summed E-state index contributed by atoms with van der Waals surface area (Å²) in [5, 5.41) is 4.68. The second-order valence-electron chi connectivity index (χ2n) is 6.77. The lowest BCUT2D eigenvalue weighted by molar-refractivity contribution is 0.102. The topological polar surface area (TPSA) is 75.7 Å². The highest BCUT2D eigenvalue weighted by atomic mass is 35.5. The Morgan fingerprint density at radius 3 is 2.67 bits per heavy atom. The summed E-state index contributed by atoms with van der Waals surface area (Å²) in [6.45, 7) is 0.674. The lowest BCUT2D eigenvalue weighted by Crippen LogP contribution is -2.36. The molecule has 1 aliphatic heterocycles. The molecule has 1 aliphatic rings. The number of hydrogen-bond donors (Lipinski definition) is 1. The molecule has 2 aromatic carbocycles. The number of amides is 1. The molecule has 1 N–H and O–H groups in total. The van der Waals surface area contributed by atoms with Crippen LogP contribution in [0.4, 0.5) is 5.69 Å².